The van der Waals surface area contributed by atoms with Gasteiger partial charge in [-0.05, 0) is 74.7 Å². The number of hydrogen-bond donors (Lipinski definition) is 2. The lowest BCUT2D eigenvalue weighted by Crippen LogP contribution is -2.41. The zero-order chi connectivity index (χ0) is 17.2. The summed E-state index contributed by atoms with van der Waals surface area (Å²) in [6, 6.07) is 0.334. The number of hydrogen-bond acceptors (Lipinski definition) is 4. The number of allylic oxidation sites excluding steroid dienone is 1. The summed E-state index contributed by atoms with van der Waals surface area (Å²) in [5.41, 5.74) is 0. The predicted octanol–water partition coefficient (Wildman–Crippen LogP) is 2.74. The fourth-order valence-corrected chi connectivity index (χ4v) is 4.89. The number of amides is 1. The molecule has 1 heterocycles. The van der Waals surface area contributed by atoms with Crippen LogP contribution in [-0.2, 0) is 14.3 Å². The average Bonchev–Trinajstić information content (AvgIpc) is 3.28. The summed E-state index contributed by atoms with van der Waals surface area (Å²) in [6.07, 6.45) is 11.6. The lowest BCUT2D eigenvalue weighted by atomic mass is 9.94. The number of carbonyl (C=O) groups is 1. The zero-order valence-corrected chi connectivity index (χ0v) is 15.0. The van der Waals surface area contributed by atoms with E-state index in [1.165, 1.54) is 32.1 Å². The fourth-order valence-electron chi connectivity index (χ4n) is 4.89. The molecule has 5 nitrogen and oxygen atoms in total. The standard InChI is InChI=1S/C20H31NO4/c22-7-1-2-8-24-19-12-16(14-5-6-14)11-18(25-19)20(23)21-17-10-13-3-4-15(17)9-13/h11,13-17,19,22H,1-10,12H2,(H,21,23)/t13?,15?,16-,17?,19+/m1/s1. The lowest BCUT2D eigenvalue weighted by molar-refractivity contribution is -0.150. The maximum Gasteiger partial charge on any atom is 0.286 e. The molecule has 0 aromatic heterocycles. The Hall–Kier alpha value is -1.07. The summed E-state index contributed by atoms with van der Waals surface area (Å²) >= 11 is 0. The molecule has 0 aromatic carbocycles. The third-order valence-electron chi connectivity index (χ3n) is 6.45. The highest BCUT2D eigenvalue weighted by Crippen LogP contribution is 2.45. The minimum atomic E-state index is -0.324. The van der Waals surface area contributed by atoms with Crippen LogP contribution in [0.2, 0.25) is 0 Å². The summed E-state index contributed by atoms with van der Waals surface area (Å²) in [5, 5.41) is 12.1. The molecule has 0 saturated heterocycles. The lowest BCUT2D eigenvalue weighted by Gasteiger charge is -2.30. The van der Waals surface area contributed by atoms with Crippen molar-refractivity contribution in [2.24, 2.45) is 23.7 Å². The molecule has 5 atom stereocenters. The number of carbonyl (C=O) groups excluding carboxylic acids is 1. The Morgan fingerprint density at radius 1 is 1.16 bits per heavy atom. The van der Waals surface area contributed by atoms with Crippen LogP contribution in [0.25, 0.3) is 0 Å². The molecular formula is C20H31NO4. The smallest absolute Gasteiger partial charge is 0.286 e. The number of nitrogens with one attached hydrogen (secondary N) is 1. The molecule has 4 aliphatic rings. The molecule has 140 valence electrons. The van der Waals surface area contributed by atoms with Gasteiger partial charge in [0.1, 0.15) is 0 Å². The largest absolute Gasteiger partial charge is 0.459 e. The second kappa shape index (κ2) is 7.67. The number of aliphatic hydroxyl groups excluding tert-OH is 1. The van der Waals surface area contributed by atoms with Crippen LogP contribution >= 0.6 is 0 Å². The maximum atomic E-state index is 12.7. The molecule has 0 aromatic rings. The monoisotopic (exact) mass is 349 g/mol. The van der Waals surface area contributed by atoms with Crippen molar-refractivity contribution in [3.8, 4) is 0 Å². The number of aliphatic hydroxyl groups is 1. The molecule has 25 heavy (non-hydrogen) atoms. The Bertz CT molecular complexity index is 516. The van der Waals surface area contributed by atoms with E-state index in [0.29, 0.717) is 36.2 Å². The Morgan fingerprint density at radius 3 is 2.68 bits per heavy atom. The van der Waals surface area contributed by atoms with E-state index in [1.54, 1.807) is 0 Å². The third-order valence-corrected chi connectivity index (χ3v) is 6.45. The van der Waals surface area contributed by atoms with Crippen molar-refractivity contribution >= 4 is 5.91 Å². The molecule has 2 bridgehead atoms. The van der Waals surface area contributed by atoms with Gasteiger partial charge in [0.2, 0.25) is 6.29 Å². The van der Waals surface area contributed by atoms with E-state index in [1.807, 2.05) is 6.08 Å². The molecule has 1 amide bonds. The highest BCUT2D eigenvalue weighted by atomic mass is 16.7. The summed E-state index contributed by atoms with van der Waals surface area (Å²) in [7, 11) is 0. The molecule has 0 spiro atoms. The van der Waals surface area contributed by atoms with Crippen molar-refractivity contribution in [1.29, 1.82) is 0 Å². The first-order valence-corrected chi connectivity index (χ1v) is 10.1. The van der Waals surface area contributed by atoms with Gasteiger partial charge >= 0.3 is 0 Å². The van der Waals surface area contributed by atoms with E-state index in [0.717, 1.165) is 31.6 Å². The van der Waals surface area contributed by atoms with E-state index >= 15 is 0 Å². The predicted molar refractivity (Wildman–Crippen MR) is 93.4 cm³/mol. The van der Waals surface area contributed by atoms with Crippen molar-refractivity contribution in [2.45, 2.75) is 70.1 Å². The van der Waals surface area contributed by atoms with Gasteiger partial charge in [0.15, 0.2) is 5.76 Å². The number of ether oxygens (including phenoxy) is 2. The van der Waals surface area contributed by atoms with Gasteiger partial charge in [0.25, 0.3) is 5.91 Å². The van der Waals surface area contributed by atoms with Crippen molar-refractivity contribution < 1.29 is 19.4 Å². The summed E-state index contributed by atoms with van der Waals surface area (Å²) in [5.74, 6) is 3.00. The van der Waals surface area contributed by atoms with Crippen molar-refractivity contribution in [1.82, 2.24) is 5.32 Å². The summed E-state index contributed by atoms with van der Waals surface area (Å²) < 4.78 is 11.7. The average molecular weight is 349 g/mol. The Balaban J connectivity index is 1.34. The molecule has 3 unspecified atom stereocenters. The van der Waals surface area contributed by atoms with Crippen LogP contribution in [0.1, 0.15) is 57.8 Å². The van der Waals surface area contributed by atoms with Crippen molar-refractivity contribution in [3.63, 3.8) is 0 Å². The molecule has 3 fully saturated rings. The van der Waals surface area contributed by atoms with Crippen LogP contribution in [0.4, 0.5) is 0 Å². The van der Waals surface area contributed by atoms with Gasteiger partial charge in [0, 0.05) is 19.1 Å². The van der Waals surface area contributed by atoms with Gasteiger partial charge in [-0.15, -0.1) is 0 Å². The van der Waals surface area contributed by atoms with Gasteiger partial charge in [0.05, 0.1) is 6.61 Å². The molecule has 0 radical (unpaired) electrons. The summed E-state index contributed by atoms with van der Waals surface area (Å²) in [4.78, 5) is 12.7. The molecule has 3 saturated carbocycles. The molecular weight excluding hydrogens is 318 g/mol. The second-order valence-corrected chi connectivity index (χ2v) is 8.37. The van der Waals surface area contributed by atoms with E-state index in [-0.39, 0.29) is 18.8 Å². The van der Waals surface area contributed by atoms with Crippen LogP contribution in [0, 0.1) is 23.7 Å². The highest BCUT2D eigenvalue weighted by Gasteiger charge is 2.42. The van der Waals surface area contributed by atoms with Gasteiger partial charge in [-0.1, -0.05) is 6.42 Å². The SMILES string of the molecule is O=C(NC1CC2CCC1C2)C1=C[C@@H](C2CC2)C[C@@H](OCCCCO)O1. The van der Waals surface area contributed by atoms with Gasteiger partial charge in [-0.25, -0.2) is 0 Å². The molecule has 5 heteroatoms. The zero-order valence-electron chi connectivity index (χ0n) is 15.0. The quantitative estimate of drug-likeness (QED) is 0.661. The minimum Gasteiger partial charge on any atom is -0.459 e. The Labute approximate surface area is 150 Å². The number of rotatable bonds is 8. The minimum absolute atomic E-state index is 0.0492. The van der Waals surface area contributed by atoms with Crippen LogP contribution in [0.3, 0.4) is 0 Å². The van der Waals surface area contributed by atoms with Crippen molar-refractivity contribution in [2.75, 3.05) is 13.2 Å². The van der Waals surface area contributed by atoms with Crippen LogP contribution < -0.4 is 5.32 Å². The second-order valence-electron chi connectivity index (χ2n) is 8.37. The van der Waals surface area contributed by atoms with Gasteiger partial charge < -0.3 is 19.9 Å². The first-order chi connectivity index (χ1) is 12.2. The van der Waals surface area contributed by atoms with E-state index < -0.39 is 0 Å². The van der Waals surface area contributed by atoms with Gasteiger partial charge in [-0.2, -0.15) is 0 Å². The number of fused-ring (bicyclic) bond motifs is 2. The van der Waals surface area contributed by atoms with Crippen LogP contribution in [-0.4, -0.2) is 36.6 Å². The van der Waals surface area contributed by atoms with Crippen molar-refractivity contribution in [3.05, 3.63) is 11.8 Å². The summed E-state index contributed by atoms with van der Waals surface area (Å²) in [6.45, 7) is 0.764. The topological polar surface area (TPSA) is 67.8 Å². The molecule has 4 rings (SSSR count). The normalized spacial score (nSPS) is 36.8. The third kappa shape index (κ3) is 4.20. The Kier molecular flexibility index (Phi) is 5.32. The Morgan fingerprint density at radius 2 is 2.00 bits per heavy atom. The fraction of sp³-hybridized carbons (Fsp3) is 0.850. The van der Waals surface area contributed by atoms with E-state index in [2.05, 4.69) is 5.32 Å². The van der Waals surface area contributed by atoms with E-state index in [4.69, 9.17) is 14.6 Å². The molecule has 1 aliphatic heterocycles. The van der Waals surface area contributed by atoms with Gasteiger partial charge in [-0.3, -0.25) is 4.79 Å². The first kappa shape index (κ1) is 17.3. The maximum absolute atomic E-state index is 12.7. The molecule has 3 aliphatic carbocycles. The first-order valence-electron chi connectivity index (χ1n) is 10.1. The van der Waals surface area contributed by atoms with E-state index in [9.17, 15) is 4.79 Å². The van der Waals surface area contributed by atoms with Crippen LogP contribution in [0.15, 0.2) is 11.8 Å². The highest BCUT2D eigenvalue weighted by molar-refractivity contribution is 5.91. The molecule has 2 N–H and O–H groups in total. The number of unbranched alkanes of at least 4 members (excludes halogenated alkanes) is 1. The van der Waals surface area contributed by atoms with Crippen LogP contribution in [0.5, 0.6) is 0 Å².